The topological polar surface area (TPSA) is 12.9 Å². The molecule has 1 aromatic carbocycles. The summed E-state index contributed by atoms with van der Waals surface area (Å²) in [5, 5.41) is 2.50. The van der Waals surface area contributed by atoms with Crippen LogP contribution in [0.5, 0.6) is 0 Å². The van der Waals surface area contributed by atoms with E-state index in [9.17, 15) is 0 Å². The van der Waals surface area contributed by atoms with Crippen molar-refractivity contribution < 1.29 is 0 Å². The zero-order valence-corrected chi connectivity index (χ0v) is 8.35. The van der Waals surface area contributed by atoms with Crippen molar-refractivity contribution in [3.05, 3.63) is 59.9 Å². The molecule has 15 heavy (non-hydrogen) atoms. The van der Waals surface area contributed by atoms with E-state index in [-0.39, 0.29) is 0 Å². The van der Waals surface area contributed by atoms with Gasteiger partial charge in [0.1, 0.15) is 0 Å². The summed E-state index contributed by atoms with van der Waals surface area (Å²) in [6.45, 7) is 0. The molecule has 0 amide bonds. The van der Waals surface area contributed by atoms with Crippen molar-refractivity contribution in [3.8, 4) is 0 Å². The molecule has 0 saturated heterocycles. The van der Waals surface area contributed by atoms with Crippen molar-refractivity contribution in [1.82, 2.24) is 4.98 Å². The van der Waals surface area contributed by atoms with E-state index in [0.29, 0.717) is 0 Å². The molecule has 1 aliphatic carbocycles. The number of pyridine rings is 1. The van der Waals surface area contributed by atoms with Gasteiger partial charge in [-0.2, -0.15) is 0 Å². The van der Waals surface area contributed by atoms with Crippen LogP contribution in [0.2, 0.25) is 0 Å². The molecule has 0 unspecified atom stereocenters. The minimum Gasteiger partial charge on any atom is -0.260 e. The molecule has 3 rings (SSSR count). The third-order valence-corrected chi connectivity index (χ3v) is 2.74. The van der Waals surface area contributed by atoms with Crippen LogP contribution in [-0.4, -0.2) is 4.98 Å². The zero-order valence-electron chi connectivity index (χ0n) is 8.35. The maximum atomic E-state index is 4.50. The fraction of sp³-hybridized carbons (Fsp3) is 0.0714. The second-order valence-electron chi connectivity index (χ2n) is 3.70. The van der Waals surface area contributed by atoms with Crippen molar-refractivity contribution in [3.63, 3.8) is 0 Å². The second kappa shape index (κ2) is 3.35. The minimum absolute atomic E-state index is 0.924. The highest BCUT2D eigenvalue weighted by molar-refractivity contribution is 5.91. The molecule has 72 valence electrons. The van der Waals surface area contributed by atoms with Gasteiger partial charge in [0, 0.05) is 23.6 Å². The Hall–Kier alpha value is -1.89. The van der Waals surface area contributed by atoms with Gasteiger partial charge in [-0.3, -0.25) is 4.98 Å². The maximum absolute atomic E-state index is 4.50. The van der Waals surface area contributed by atoms with Gasteiger partial charge in [-0.25, -0.2) is 0 Å². The molecular formula is C14H11N. The van der Waals surface area contributed by atoms with E-state index in [1.165, 1.54) is 22.0 Å². The molecule has 0 fully saturated rings. The van der Waals surface area contributed by atoms with Crippen LogP contribution in [0.15, 0.2) is 48.7 Å². The lowest BCUT2D eigenvalue weighted by atomic mass is 10.0. The van der Waals surface area contributed by atoms with E-state index in [1.54, 1.807) is 0 Å². The molecule has 0 aliphatic heterocycles. The maximum Gasteiger partial charge on any atom is 0.0520 e. The van der Waals surface area contributed by atoms with Crippen LogP contribution in [0.1, 0.15) is 11.3 Å². The normalized spacial score (nSPS) is 13.9. The summed E-state index contributed by atoms with van der Waals surface area (Å²) in [7, 11) is 0. The van der Waals surface area contributed by atoms with Gasteiger partial charge >= 0.3 is 0 Å². The molecule has 0 saturated carbocycles. The summed E-state index contributed by atoms with van der Waals surface area (Å²) in [6, 6.07) is 8.39. The molecule has 1 nitrogen and oxygen atoms in total. The van der Waals surface area contributed by atoms with E-state index < -0.39 is 0 Å². The second-order valence-corrected chi connectivity index (χ2v) is 3.70. The third kappa shape index (κ3) is 1.37. The monoisotopic (exact) mass is 193 g/mol. The number of fused-ring (bicyclic) bond motifs is 3. The first kappa shape index (κ1) is 8.42. The summed E-state index contributed by atoms with van der Waals surface area (Å²) < 4.78 is 0. The first-order valence-corrected chi connectivity index (χ1v) is 5.15. The molecule has 1 heterocycles. The average Bonchev–Trinajstić information content (AvgIpc) is 2.54. The number of allylic oxidation sites excluding steroid dienone is 3. The standard InChI is InChI=1S/C14H11N/c1-2-8-13-12-7-5-4-6-11(12)10-15-14(13)9-3-1/h1-8,10H,9H2. The Bertz CT molecular complexity index is 565. The Morgan fingerprint density at radius 1 is 1.07 bits per heavy atom. The highest BCUT2D eigenvalue weighted by Crippen LogP contribution is 2.23. The van der Waals surface area contributed by atoms with Gasteiger partial charge in [0.05, 0.1) is 5.69 Å². The van der Waals surface area contributed by atoms with Crippen molar-refractivity contribution in [2.24, 2.45) is 0 Å². The Labute approximate surface area is 88.8 Å². The number of aromatic nitrogens is 1. The fourth-order valence-corrected chi connectivity index (χ4v) is 1.99. The van der Waals surface area contributed by atoms with E-state index in [0.717, 1.165) is 6.42 Å². The molecule has 0 atom stereocenters. The molecule has 0 bridgehead atoms. The van der Waals surface area contributed by atoms with Crippen LogP contribution in [0, 0.1) is 0 Å². The van der Waals surface area contributed by atoms with Gasteiger partial charge in [-0.15, -0.1) is 0 Å². The smallest absolute Gasteiger partial charge is 0.0520 e. The minimum atomic E-state index is 0.924. The van der Waals surface area contributed by atoms with Gasteiger partial charge in [0.15, 0.2) is 0 Å². The Morgan fingerprint density at radius 2 is 2.00 bits per heavy atom. The van der Waals surface area contributed by atoms with Gasteiger partial charge < -0.3 is 0 Å². The highest BCUT2D eigenvalue weighted by Gasteiger charge is 2.06. The third-order valence-electron chi connectivity index (χ3n) is 2.74. The van der Waals surface area contributed by atoms with E-state index in [1.807, 2.05) is 6.20 Å². The summed E-state index contributed by atoms with van der Waals surface area (Å²) in [5.74, 6) is 0. The Kier molecular flexibility index (Phi) is 1.88. The number of hydrogen-bond donors (Lipinski definition) is 0. The summed E-state index contributed by atoms with van der Waals surface area (Å²) in [5.41, 5.74) is 2.43. The van der Waals surface area contributed by atoms with Gasteiger partial charge in [-0.1, -0.05) is 48.6 Å². The average molecular weight is 193 g/mol. The van der Waals surface area contributed by atoms with Crippen molar-refractivity contribution in [2.45, 2.75) is 6.42 Å². The lowest BCUT2D eigenvalue weighted by molar-refractivity contribution is 1.12. The first-order chi connectivity index (χ1) is 7.45. The number of hydrogen-bond acceptors (Lipinski definition) is 1. The van der Waals surface area contributed by atoms with Crippen LogP contribution >= 0.6 is 0 Å². The largest absolute Gasteiger partial charge is 0.260 e. The summed E-state index contributed by atoms with van der Waals surface area (Å²) in [4.78, 5) is 4.50. The lowest BCUT2D eigenvalue weighted by Gasteiger charge is -2.06. The van der Waals surface area contributed by atoms with Crippen molar-refractivity contribution in [1.29, 1.82) is 0 Å². The van der Waals surface area contributed by atoms with E-state index >= 15 is 0 Å². The first-order valence-electron chi connectivity index (χ1n) is 5.15. The molecule has 1 aromatic heterocycles. The number of benzene rings is 1. The molecule has 1 aliphatic rings. The Morgan fingerprint density at radius 3 is 3.00 bits per heavy atom. The summed E-state index contributed by atoms with van der Waals surface area (Å²) >= 11 is 0. The van der Waals surface area contributed by atoms with Crippen LogP contribution in [-0.2, 0) is 6.42 Å². The Balaban J connectivity index is 2.38. The van der Waals surface area contributed by atoms with E-state index in [2.05, 4.69) is 53.6 Å². The van der Waals surface area contributed by atoms with Crippen LogP contribution in [0.25, 0.3) is 16.8 Å². The fourth-order valence-electron chi connectivity index (χ4n) is 1.99. The van der Waals surface area contributed by atoms with Crippen molar-refractivity contribution in [2.75, 3.05) is 0 Å². The molecular weight excluding hydrogens is 182 g/mol. The van der Waals surface area contributed by atoms with Gasteiger partial charge in [-0.05, 0) is 5.39 Å². The molecule has 2 aromatic rings. The molecule has 0 radical (unpaired) electrons. The molecule has 0 N–H and O–H groups in total. The number of nitrogens with zero attached hydrogens (tertiary/aromatic N) is 1. The van der Waals surface area contributed by atoms with Gasteiger partial charge in [0.25, 0.3) is 0 Å². The molecule has 0 spiro atoms. The predicted molar refractivity (Wildman–Crippen MR) is 63.6 cm³/mol. The van der Waals surface area contributed by atoms with Crippen LogP contribution in [0.3, 0.4) is 0 Å². The van der Waals surface area contributed by atoms with Gasteiger partial charge in [0.2, 0.25) is 0 Å². The van der Waals surface area contributed by atoms with Crippen LogP contribution < -0.4 is 0 Å². The summed E-state index contributed by atoms with van der Waals surface area (Å²) in [6.07, 6.45) is 11.3. The highest BCUT2D eigenvalue weighted by atomic mass is 14.7. The van der Waals surface area contributed by atoms with Crippen molar-refractivity contribution >= 4 is 16.8 Å². The van der Waals surface area contributed by atoms with E-state index in [4.69, 9.17) is 0 Å². The SMILES string of the molecule is C1=CCc2ncc3ccccc3c2C=C1. The number of rotatable bonds is 0. The lowest BCUT2D eigenvalue weighted by Crippen LogP contribution is -1.92. The zero-order chi connectivity index (χ0) is 10.1. The predicted octanol–water partition coefficient (Wildman–Crippen LogP) is 3.36. The van der Waals surface area contributed by atoms with Crippen LogP contribution in [0.4, 0.5) is 0 Å². The molecule has 1 heteroatoms. The quantitative estimate of drug-likeness (QED) is 0.625.